The molecule has 0 atom stereocenters. The van der Waals surface area contributed by atoms with Crippen LogP contribution >= 0.6 is 33.9 Å². The Labute approximate surface area is 183 Å². The van der Waals surface area contributed by atoms with Gasteiger partial charge in [0.05, 0.1) is 12.8 Å². The second-order valence-electron chi connectivity index (χ2n) is 5.97. The number of rotatable bonds is 4. The van der Waals surface area contributed by atoms with Crippen LogP contribution < -0.4 is 10.4 Å². The summed E-state index contributed by atoms with van der Waals surface area (Å²) < 4.78 is 11.5. The number of furan rings is 1. The quantitative estimate of drug-likeness (QED) is 0.244. The highest BCUT2D eigenvalue weighted by atomic mass is 127. The van der Waals surface area contributed by atoms with Crippen molar-refractivity contribution in [1.82, 2.24) is 5.43 Å². The van der Waals surface area contributed by atoms with Crippen LogP contribution in [0.2, 0.25) is 0 Å². The number of carbonyl (C=O) groups is 3. The molecule has 3 heterocycles. The van der Waals surface area contributed by atoms with Gasteiger partial charge in [0.15, 0.2) is 0 Å². The van der Waals surface area contributed by atoms with E-state index in [1.165, 1.54) is 29.5 Å². The Hall–Kier alpha value is -2.92. The lowest BCUT2D eigenvalue weighted by molar-refractivity contribution is -0.117. The molecule has 0 unspecified atom stereocenters. The molecule has 4 rings (SSSR count). The van der Waals surface area contributed by atoms with Gasteiger partial charge in [-0.2, -0.15) is 0 Å². The van der Waals surface area contributed by atoms with Gasteiger partial charge in [0, 0.05) is 9.13 Å². The van der Waals surface area contributed by atoms with Crippen LogP contribution in [0.15, 0.2) is 57.8 Å². The summed E-state index contributed by atoms with van der Waals surface area (Å²) in [5, 5.41) is 2.96. The summed E-state index contributed by atoms with van der Waals surface area (Å²) in [6, 6.07) is 12.2. The summed E-state index contributed by atoms with van der Waals surface area (Å²) in [5.74, 6) is -0.675. The van der Waals surface area contributed by atoms with E-state index in [1.807, 2.05) is 12.1 Å². The molecule has 0 aliphatic carbocycles. The summed E-state index contributed by atoms with van der Waals surface area (Å²) in [5.41, 5.74) is 3.66. The second-order valence-corrected chi connectivity index (χ2v) is 8.13. The first kappa shape index (κ1) is 19.4. The fraction of sp³-hybridized carbons (Fsp3) is 0.0500. The summed E-state index contributed by atoms with van der Waals surface area (Å²) in [6.45, 7) is 0. The summed E-state index contributed by atoms with van der Waals surface area (Å²) >= 11 is 3.40. The number of ether oxygens (including phenoxy) is 1. The Kier molecular flexibility index (Phi) is 5.24. The minimum Gasteiger partial charge on any atom is -0.465 e. The summed E-state index contributed by atoms with van der Waals surface area (Å²) in [7, 11) is 1.31. The third-order valence-electron chi connectivity index (χ3n) is 4.19. The Morgan fingerprint density at radius 2 is 1.93 bits per heavy atom. The molecule has 1 N–H and O–H groups in total. The lowest BCUT2D eigenvalue weighted by Crippen LogP contribution is -2.35. The molecule has 1 aliphatic heterocycles. The van der Waals surface area contributed by atoms with Gasteiger partial charge in [-0.05, 0) is 76.5 Å². The van der Waals surface area contributed by atoms with Crippen molar-refractivity contribution in [2.45, 2.75) is 0 Å². The van der Waals surface area contributed by atoms with Crippen LogP contribution in [0.1, 0.15) is 15.4 Å². The van der Waals surface area contributed by atoms with E-state index in [9.17, 15) is 14.4 Å². The van der Waals surface area contributed by atoms with Gasteiger partial charge in [0.2, 0.25) is 0 Å². The number of carbonyl (C=O) groups excluding carboxylic acids is 3. The molecular weight excluding hydrogens is 507 g/mol. The van der Waals surface area contributed by atoms with Gasteiger partial charge >= 0.3 is 5.97 Å². The smallest absolute Gasteiger partial charge is 0.348 e. The number of methoxy groups -OCH3 is 1. The largest absolute Gasteiger partial charge is 0.465 e. The average Bonchev–Trinajstić information content (AvgIpc) is 3.44. The highest BCUT2D eigenvalue weighted by Gasteiger charge is 2.34. The third-order valence-corrected chi connectivity index (χ3v) is 5.80. The highest BCUT2D eigenvalue weighted by molar-refractivity contribution is 14.1. The van der Waals surface area contributed by atoms with Gasteiger partial charge < -0.3 is 9.15 Å². The number of hydrazine groups is 1. The normalized spacial score (nSPS) is 15.1. The van der Waals surface area contributed by atoms with E-state index in [0.717, 1.165) is 3.57 Å². The third kappa shape index (κ3) is 3.70. The predicted molar refractivity (Wildman–Crippen MR) is 116 cm³/mol. The fourth-order valence-corrected chi connectivity index (χ4v) is 3.98. The van der Waals surface area contributed by atoms with E-state index in [4.69, 9.17) is 9.15 Å². The van der Waals surface area contributed by atoms with Gasteiger partial charge in [0.1, 0.15) is 22.0 Å². The van der Waals surface area contributed by atoms with Crippen molar-refractivity contribution in [1.29, 1.82) is 0 Å². The summed E-state index contributed by atoms with van der Waals surface area (Å²) in [6.07, 6.45) is 1.39. The standard InChI is InChI=1S/C20H13IN2O5S/c1-27-20(26)17-14(8-9-29-17)16-7-6-13(28-16)10-15-18(24)22-23(19(15)25)12-4-2-11(21)3-5-12/h2-10H,1H3,(H,22,24)/b15-10+. The molecule has 2 amide bonds. The summed E-state index contributed by atoms with van der Waals surface area (Å²) in [4.78, 5) is 37.3. The van der Waals surface area contributed by atoms with Crippen LogP contribution in [-0.4, -0.2) is 24.9 Å². The zero-order chi connectivity index (χ0) is 20.5. The van der Waals surface area contributed by atoms with Gasteiger partial charge in [-0.15, -0.1) is 11.3 Å². The molecule has 0 saturated carbocycles. The number of halogens is 1. The zero-order valence-corrected chi connectivity index (χ0v) is 17.9. The molecule has 9 heteroatoms. The van der Waals surface area contributed by atoms with Crippen LogP contribution in [-0.2, 0) is 14.3 Å². The van der Waals surface area contributed by atoms with Gasteiger partial charge in [-0.1, -0.05) is 0 Å². The first-order chi connectivity index (χ1) is 14.0. The molecule has 0 bridgehead atoms. The van der Waals surface area contributed by atoms with E-state index < -0.39 is 17.8 Å². The fourth-order valence-electron chi connectivity index (χ4n) is 2.80. The Balaban J connectivity index is 1.61. The molecule has 29 heavy (non-hydrogen) atoms. The van der Waals surface area contributed by atoms with Crippen molar-refractivity contribution >= 4 is 63.5 Å². The number of esters is 1. The van der Waals surface area contributed by atoms with Gasteiger partial charge in [-0.25, -0.2) is 9.80 Å². The number of anilines is 1. The van der Waals surface area contributed by atoms with Crippen molar-refractivity contribution in [3.63, 3.8) is 0 Å². The Morgan fingerprint density at radius 1 is 1.17 bits per heavy atom. The SMILES string of the molecule is COC(=O)c1sccc1-c1ccc(/C=C2\C(=O)NN(c3ccc(I)cc3)C2=O)o1. The lowest BCUT2D eigenvalue weighted by atomic mass is 10.2. The minimum atomic E-state index is -0.516. The van der Waals surface area contributed by atoms with E-state index in [1.54, 1.807) is 35.7 Å². The Bertz CT molecular complexity index is 1150. The number of benzene rings is 1. The number of amides is 2. The van der Waals surface area contributed by atoms with Crippen molar-refractivity contribution in [3.8, 4) is 11.3 Å². The maximum atomic E-state index is 12.7. The van der Waals surface area contributed by atoms with E-state index in [2.05, 4.69) is 28.0 Å². The average molecular weight is 520 g/mol. The number of thiophene rings is 1. The van der Waals surface area contributed by atoms with Crippen molar-refractivity contribution in [2.75, 3.05) is 12.1 Å². The van der Waals surface area contributed by atoms with Crippen LogP contribution in [0.25, 0.3) is 17.4 Å². The maximum Gasteiger partial charge on any atom is 0.348 e. The first-order valence-electron chi connectivity index (χ1n) is 8.36. The second kappa shape index (κ2) is 7.84. The molecule has 1 saturated heterocycles. The molecule has 1 aromatic carbocycles. The predicted octanol–water partition coefficient (Wildman–Crippen LogP) is 3.86. The Morgan fingerprint density at radius 3 is 2.66 bits per heavy atom. The number of nitrogens with zero attached hydrogens (tertiary/aromatic N) is 1. The molecule has 2 aromatic heterocycles. The van der Waals surface area contributed by atoms with Crippen molar-refractivity contribution in [3.05, 3.63) is 67.6 Å². The molecule has 146 valence electrons. The van der Waals surface area contributed by atoms with E-state index in [0.29, 0.717) is 27.6 Å². The monoisotopic (exact) mass is 520 g/mol. The van der Waals surface area contributed by atoms with Crippen LogP contribution in [0, 0.1) is 3.57 Å². The van der Waals surface area contributed by atoms with E-state index >= 15 is 0 Å². The molecule has 0 radical (unpaired) electrons. The molecular formula is C20H13IN2O5S. The number of nitrogens with one attached hydrogen (secondary N) is 1. The maximum absolute atomic E-state index is 12.7. The van der Waals surface area contributed by atoms with E-state index in [-0.39, 0.29) is 5.57 Å². The van der Waals surface area contributed by atoms with Gasteiger partial charge in [-0.3, -0.25) is 15.0 Å². The number of hydrogen-bond acceptors (Lipinski definition) is 6. The molecule has 1 aliphatic rings. The first-order valence-corrected chi connectivity index (χ1v) is 10.3. The van der Waals surface area contributed by atoms with Crippen LogP contribution in [0.4, 0.5) is 5.69 Å². The highest BCUT2D eigenvalue weighted by Crippen LogP contribution is 2.31. The topological polar surface area (TPSA) is 88.9 Å². The molecule has 0 spiro atoms. The van der Waals surface area contributed by atoms with Gasteiger partial charge in [0.25, 0.3) is 11.8 Å². The van der Waals surface area contributed by atoms with Crippen molar-refractivity contribution in [2.24, 2.45) is 0 Å². The molecule has 7 nitrogen and oxygen atoms in total. The van der Waals surface area contributed by atoms with Crippen LogP contribution in [0.3, 0.4) is 0 Å². The molecule has 3 aromatic rings. The van der Waals surface area contributed by atoms with Crippen LogP contribution in [0.5, 0.6) is 0 Å². The minimum absolute atomic E-state index is 0.0389. The zero-order valence-electron chi connectivity index (χ0n) is 15.0. The molecule has 1 fully saturated rings. The number of hydrogen-bond donors (Lipinski definition) is 1. The van der Waals surface area contributed by atoms with Crippen molar-refractivity contribution < 1.29 is 23.5 Å². The lowest BCUT2D eigenvalue weighted by Gasteiger charge is -2.14.